The SMILES string of the molecule is c1cc(N(CC2CC2)CC2CO2)ccc1Cc1ccc(N(CC2CC2)CC2CO2)cc1. The van der Waals surface area contributed by atoms with Gasteiger partial charge in [0.15, 0.2) is 0 Å². The highest BCUT2D eigenvalue weighted by molar-refractivity contribution is 5.51. The summed E-state index contributed by atoms with van der Waals surface area (Å²) >= 11 is 0. The third kappa shape index (κ3) is 5.61. The zero-order valence-corrected chi connectivity index (χ0v) is 18.4. The van der Waals surface area contributed by atoms with Crippen LogP contribution in [0.3, 0.4) is 0 Å². The fraction of sp³-hybridized carbons (Fsp3) is 0.556. The van der Waals surface area contributed by atoms with E-state index in [1.807, 2.05) is 0 Å². The first-order valence-electron chi connectivity index (χ1n) is 12.2. The number of nitrogens with zero attached hydrogens (tertiary/aromatic N) is 2. The Hall–Kier alpha value is -2.04. The molecule has 4 heteroatoms. The maximum Gasteiger partial charge on any atom is 0.0984 e. The Bertz CT molecular complexity index is 764. The number of ether oxygens (including phenoxy) is 2. The summed E-state index contributed by atoms with van der Waals surface area (Å²) in [6.45, 7) is 6.32. The Morgan fingerprint density at radius 3 is 1.29 bits per heavy atom. The van der Waals surface area contributed by atoms with E-state index in [9.17, 15) is 0 Å². The van der Waals surface area contributed by atoms with Crippen molar-refractivity contribution >= 4 is 11.4 Å². The minimum atomic E-state index is 0.447. The van der Waals surface area contributed by atoms with Crippen LogP contribution in [0.1, 0.15) is 36.8 Å². The Morgan fingerprint density at radius 1 is 0.581 bits per heavy atom. The summed E-state index contributed by atoms with van der Waals surface area (Å²) < 4.78 is 11.0. The Balaban J connectivity index is 1.08. The maximum atomic E-state index is 5.49. The Kier molecular flexibility index (Phi) is 5.37. The number of rotatable bonds is 12. The first kappa shape index (κ1) is 19.6. The number of hydrogen-bond acceptors (Lipinski definition) is 4. The van der Waals surface area contributed by atoms with Crippen molar-refractivity contribution in [3.63, 3.8) is 0 Å². The zero-order chi connectivity index (χ0) is 20.6. The lowest BCUT2D eigenvalue weighted by atomic mass is 10.0. The fourth-order valence-electron chi connectivity index (χ4n) is 4.52. The quantitative estimate of drug-likeness (QED) is 0.475. The van der Waals surface area contributed by atoms with E-state index in [-0.39, 0.29) is 0 Å². The van der Waals surface area contributed by atoms with Gasteiger partial charge in [-0.3, -0.25) is 0 Å². The van der Waals surface area contributed by atoms with Gasteiger partial charge in [0.25, 0.3) is 0 Å². The molecule has 0 bridgehead atoms. The molecule has 31 heavy (non-hydrogen) atoms. The third-order valence-corrected chi connectivity index (χ3v) is 7.02. The van der Waals surface area contributed by atoms with Crippen LogP contribution in [-0.2, 0) is 15.9 Å². The molecule has 2 atom stereocenters. The van der Waals surface area contributed by atoms with Crippen LogP contribution in [-0.4, -0.2) is 51.6 Å². The maximum absolute atomic E-state index is 5.49. The molecule has 4 aliphatic rings. The summed E-state index contributed by atoms with van der Waals surface area (Å²) in [7, 11) is 0. The molecule has 0 amide bonds. The summed E-state index contributed by atoms with van der Waals surface area (Å²) in [4.78, 5) is 5.07. The number of epoxide rings is 2. The smallest absolute Gasteiger partial charge is 0.0984 e. The van der Waals surface area contributed by atoms with Crippen molar-refractivity contribution < 1.29 is 9.47 Å². The predicted molar refractivity (Wildman–Crippen MR) is 125 cm³/mol. The minimum absolute atomic E-state index is 0.447. The van der Waals surface area contributed by atoms with Crippen molar-refractivity contribution in [2.75, 3.05) is 49.2 Å². The highest BCUT2D eigenvalue weighted by atomic mass is 16.6. The summed E-state index contributed by atoms with van der Waals surface area (Å²) in [5.74, 6) is 1.78. The number of hydrogen-bond donors (Lipinski definition) is 0. The summed E-state index contributed by atoms with van der Waals surface area (Å²) in [6, 6.07) is 18.5. The van der Waals surface area contributed by atoms with Crippen molar-refractivity contribution in [3.8, 4) is 0 Å². The molecule has 2 aromatic rings. The van der Waals surface area contributed by atoms with Crippen molar-refractivity contribution in [3.05, 3.63) is 59.7 Å². The van der Waals surface area contributed by atoms with Gasteiger partial charge in [-0.15, -0.1) is 0 Å². The lowest BCUT2D eigenvalue weighted by molar-refractivity contribution is 0.406. The van der Waals surface area contributed by atoms with E-state index >= 15 is 0 Å². The van der Waals surface area contributed by atoms with Crippen molar-refractivity contribution in [1.82, 2.24) is 0 Å². The third-order valence-electron chi connectivity index (χ3n) is 7.02. The van der Waals surface area contributed by atoms with Gasteiger partial charge in [-0.1, -0.05) is 24.3 Å². The molecule has 2 saturated heterocycles. The lowest BCUT2D eigenvalue weighted by Crippen LogP contribution is -2.29. The van der Waals surface area contributed by atoms with Crippen LogP contribution >= 0.6 is 0 Å². The van der Waals surface area contributed by atoms with Crippen LogP contribution < -0.4 is 9.80 Å². The van der Waals surface area contributed by atoms with Crippen LogP contribution in [0.2, 0.25) is 0 Å². The van der Waals surface area contributed by atoms with Crippen LogP contribution in [0.15, 0.2) is 48.5 Å². The molecular formula is C27H34N2O2. The molecular weight excluding hydrogens is 384 g/mol. The van der Waals surface area contributed by atoms with Gasteiger partial charge in [0.2, 0.25) is 0 Å². The molecule has 2 aliphatic heterocycles. The second-order valence-corrected chi connectivity index (χ2v) is 10.1. The lowest BCUT2D eigenvalue weighted by Gasteiger charge is -2.25. The van der Waals surface area contributed by atoms with Crippen molar-refractivity contribution in [1.29, 1.82) is 0 Å². The van der Waals surface area contributed by atoms with E-state index in [1.54, 1.807) is 0 Å². The van der Waals surface area contributed by atoms with Gasteiger partial charge in [-0.2, -0.15) is 0 Å². The number of benzene rings is 2. The van der Waals surface area contributed by atoms with E-state index in [1.165, 1.54) is 61.3 Å². The topological polar surface area (TPSA) is 31.5 Å². The highest BCUT2D eigenvalue weighted by Gasteiger charge is 2.31. The van der Waals surface area contributed by atoms with Crippen LogP contribution in [0.4, 0.5) is 11.4 Å². The van der Waals surface area contributed by atoms with E-state index < -0.39 is 0 Å². The van der Waals surface area contributed by atoms with Gasteiger partial charge in [0.05, 0.1) is 25.4 Å². The molecule has 0 spiro atoms. The van der Waals surface area contributed by atoms with Gasteiger partial charge in [-0.05, 0) is 79.3 Å². The molecule has 2 saturated carbocycles. The minimum Gasteiger partial charge on any atom is -0.371 e. The van der Waals surface area contributed by atoms with E-state index in [0.29, 0.717) is 12.2 Å². The van der Waals surface area contributed by atoms with Gasteiger partial charge < -0.3 is 19.3 Å². The standard InChI is InChI=1S/C27H34N2O2/c1-2-22(1)14-28(16-26-18-30-26)24-9-5-20(6-10-24)13-21-7-11-25(12-8-21)29(15-23-3-4-23)17-27-19-31-27/h5-12,22-23,26-27H,1-4,13-19H2. The first-order valence-corrected chi connectivity index (χ1v) is 12.2. The number of anilines is 2. The molecule has 0 aromatic heterocycles. The second-order valence-electron chi connectivity index (χ2n) is 10.1. The van der Waals surface area contributed by atoms with Crippen LogP contribution in [0.5, 0.6) is 0 Å². The van der Waals surface area contributed by atoms with E-state index in [0.717, 1.165) is 44.6 Å². The van der Waals surface area contributed by atoms with Gasteiger partial charge in [0.1, 0.15) is 0 Å². The Labute approximate surface area is 186 Å². The average molecular weight is 419 g/mol. The molecule has 4 nitrogen and oxygen atoms in total. The van der Waals surface area contributed by atoms with E-state index in [2.05, 4.69) is 58.3 Å². The summed E-state index contributed by atoms with van der Waals surface area (Å²) in [5, 5.41) is 0. The van der Waals surface area contributed by atoms with Crippen molar-refractivity contribution in [2.45, 2.75) is 44.3 Å². The van der Waals surface area contributed by atoms with E-state index in [4.69, 9.17) is 9.47 Å². The zero-order valence-electron chi connectivity index (χ0n) is 18.4. The molecule has 4 fully saturated rings. The fourth-order valence-corrected chi connectivity index (χ4v) is 4.52. The molecule has 2 heterocycles. The molecule has 2 unspecified atom stereocenters. The molecule has 2 aliphatic carbocycles. The average Bonchev–Trinajstić information content (AvgIpc) is 3.63. The monoisotopic (exact) mass is 418 g/mol. The predicted octanol–water partition coefficient (Wildman–Crippen LogP) is 4.51. The second kappa shape index (κ2) is 8.48. The van der Waals surface area contributed by atoms with Gasteiger partial charge in [0, 0.05) is 37.6 Å². The van der Waals surface area contributed by atoms with Crippen molar-refractivity contribution in [2.24, 2.45) is 11.8 Å². The van der Waals surface area contributed by atoms with Crippen LogP contribution in [0, 0.1) is 11.8 Å². The molecule has 0 N–H and O–H groups in total. The summed E-state index contributed by atoms with van der Waals surface area (Å²) in [6.07, 6.45) is 7.45. The Morgan fingerprint density at radius 2 is 0.968 bits per heavy atom. The highest BCUT2D eigenvalue weighted by Crippen LogP contribution is 2.33. The summed E-state index contributed by atoms with van der Waals surface area (Å²) in [5.41, 5.74) is 5.46. The van der Waals surface area contributed by atoms with Gasteiger partial charge in [-0.25, -0.2) is 0 Å². The first-order chi connectivity index (χ1) is 15.3. The van der Waals surface area contributed by atoms with Crippen LogP contribution in [0.25, 0.3) is 0 Å². The molecule has 0 radical (unpaired) electrons. The largest absolute Gasteiger partial charge is 0.371 e. The molecule has 2 aromatic carbocycles. The normalized spacial score (nSPS) is 24.1. The molecule has 164 valence electrons. The van der Waals surface area contributed by atoms with Gasteiger partial charge >= 0.3 is 0 Å². The molecule has 6 rings (SSSR count).